The van der Waals surface area contributed by atoms with Crippen molar-refractivity contribution in [2.24, 2.45) is 0 Å². The van der Waals surface area contributed by atoms with Gasteiger partial charge >= 0.3 is 0 Å². The third kappa shape index (κ3) is 3.30. The van der Waals surface area contributed by atoms with E-state index in [4.69, 9.17) is 4.74 Å². The van der Waals surface area contributed by atoms with Crippen molar-refractivity contribution in [2.45, 2.75) is 51.5 Å². The topological polar surface area (TPSA) is 21.3 Å². The van der Waals surface area contributed by atoms with Crippen molar-refractivity contribution in [3.8, 4) is 0 Å². The molecule has 1 aliphatic rings. The van der Waals surface area contributed by atoms with Crippen molar-refractivity contribution in [2.75, 3.05) is 0 Å². The lowest BCUT2D eigenvalue weighted by molar-refractivity contribution is -0.0422. The van der Waals surface area contributed by atoms with E-state index in [9.17, 15) is 0 Å². The Labute approximate surface area is 95.6 Å². The molecule has 2 rings (SSSR count). The van der Waals surface area contributed by atoms with E-state index in [1.165, 1.54) is 4.88 Å². The third-order valence-electron chi connectivity index (χ3n) is 2.84. The Bertz CT molecular complexity index is 276. The van der Waals surface area contributed by atoms with Gasteiger partial charge in [0.25, 0.3) is 0 Å². The second-order valence-corrected chi connectivity index (χ2v) is 5.42. The SMILES string of the molecule is C[C@H]1CC(NCc2cccs2)C[C@H](C)O1. The highest BCUT2D eigenvalue weighted by atomic mass is 32.1. The van der Waals surface area contributed by atoms with E-state index in [-0.39, 0.29) is 0 Å². The molecule has 2 atom stereocenters. The Kier molecular flexibility index (Phi) is 3.78. The maximum atomic E-state index is 5.72. The summed E-state index contributed by atoms with van der Waals surface area (Å²) in [6.07, 6.45) is 3.06. The predicted octanol–water partition coefficient (Wildman–Crippen LogP) is 2.79. The molecule has 0 saturated carbocycles. The minimum absolute atomic E-state index is 0.398. The van der Waals surface area contributed by atoms with Gasteiger partial charge in [-0.15, -0.1) is 11.3 Å². The lowest BCUT2D eigenvalue weighted by Crippen LogP contribution is -2.40. The van der Waals surface area contributed by atoms with Crippen LogP contribution in [0.2, 0.25) is 0 Å². The van der Waals surface area contributed by atoms with Crippen LogP contribution >= 0.6 is 11.3 Å². The fraction of sp³-hybridized carbons (Fsp3) is 0.667. The summed E-state index contributed by atoms with van der Waals surface area (Å²) in [5.41, 5.74) is 0. The summed E-state index contributed by atoms with van der Waals surface area (Å²) in [7, 11) is 0. The van der Waals surface area contributed by atoms with E-state index in [0.29, 0.717) is 18.2 Å². The van der Waals surface area contributed by atoms with Gasteiger partial charge in [0.15, 0.2) is 0 Å². The molecule has 0 aliphatic carbocycles. The highest BCUT2D eigenvalue weighted by Crippen LogP contribution is 2.19. The van der Waals surface area contributed by atoms with Crippen LogP contribution in [0.4, 0.5) is 0 Å². The second kappa shape index (κ2) is 5.10. The molecule has 1 saturated heterocycles. The summed E-state index contributed by atoms with van der Waals surface area (Å²) in [6.45, 7) is 5.33. The van der Waals surface area contributed by atoms with Gasteiger partial charge in [-0.2, -0.15) is 0 Å². The van der Waals surface area contributed by atoms with Crippen molar-refractivity contribution in [1.82, 2.24) is 5.32 Å². The first-order chi connectivity index (χ1) is 7.24. The van der Waals surface area contributed by atoms with E-state index in [1.54, 1.807) is 0 Å². The van der Waals surface area contributed by atoms with Gasteiger partial charge in [-0.3, -0.25) is 0 Å². The molecule has 1 aliphatic heterocycles. The fourth-order valence-corrected chi connectivity index (χ4v) is 2.89. The molecular weight excluding hydrogens is 206 g/mol. The molecule has 2 heterocycles. The molecule has 1 aromatic heterocycles. The molecule has 2 nitrogen and oxygen atoms in total. The van der Waals surface area contributed by atoms with Crippen molar-refractivity contribution in [3.63, 3.8) is 0 Å². The first-order valence-electron chi connectivity index (χ1n) is 5.65. The first kappa shape index (κ1) is 11.1. The first-order valence-corrected chi connectivity index (χ1v) is 6.53. The Balaban J connectivity index is 1.79. The predicted molar refractivity (Wildman–Crippen MR) is 64.2 cm³/mol. The highest BCUT2D eigenvalue weighted by molar-refractivity contribution is 7.09. The Morgan fingerprint density at radius 3 is 2.73 bits per heavy atom. The average Bonchev–Trinajstić information content (AvgIpc) is 2.65. The zero-order valence-corrected chi connectivity index (χ0v) is 10.2. The van der Waals surface area contributed by atoms with E-state index >= 15 is 0 Å². The molecule has 1 fully saturated rings. The molecule has 15 heavy (non-hydrogen) atoms. The number of thiophene rings is 1. The van der Waals surface area contributed by atoms with Gasteiger partial charge in [0.2, 0.25) is 0 Å². The van der Waals surface area contributed by atoms with Crippen molar-refractivity contribution in [3.05, 3.63) is 22.4 Å². The monoisotopic (exact) mass is 225 g/mol. The van der Waals surface area contributed by atoms with Gasteiger partial charge < -0.3 is 10.1 Å². The van der Waals surface area contributed by atoms with E-state index in [2.05, 4.69) is 36.7 Å². The second-order valence-electron chi connectivity index (χ2n) is 4.39. The zero-order chi connectivity index (χ0) is 10.7. The molecule has 84 valence electrons. The van der Waals surface area contributed by atoms with Crippen LogP contribution in [-0.4, -0.2) is 18.2 Å². The molecule has 0 bridgehead atoms. The quantitative estimate of drug-likeness (QED) is 0.854. The maximum absolute atomic E-state index is 5.72. The van der Waals surface area contributed by atoms with Crippen LogP contribution in [0.3, 0.4) is 0 Å². The van der Waals surface area contributed by atoms with Crippen LogP contribution in [-0.2, 0) is 11.3 Å². The van der Waals surface area contributed by atoms with Crippen LogP contribution in [0.5, 0.6) is 0 Å². The summed E-state index contributed by atoms with van der Waals surface area (Å²) in [4.78, 5) is 1.42. The van der Waals surface area contributed by atoms with Gasteiger partial charge in [0.1, 0.15) is 0 Å². The molecule has 1 N–H and O–H groups in total. The molecule has 0 aromatic carbocycles. The molecule has 0 radical (unpaired) electrons. The smallest absolute Gasteiger partial charge is 0.0565 e. The Hall–Kier alpha value is -0.380. The largest absolute Gasteiger partial charge is 0.375 e. The molecular formula is C12H19NOS. The van der Waals surface area contributed by atoms with Crippen molar-refractivity contribution >= 4 is 11.3 Å². The average molecular weight is 225 g/mol. The Morgan fingerprint density at radius 1 is 1.40 bits per heavy atom. The van der Waals surface area contributed by atoms with Crippen molar-refractivity contribution < 1.29 is 4.74 Å². The highest BCUT2D eigenvalue weighted by Gasteiger charge is 2.23. The van der Waals surface area contributed by atoms with Crippen LogP contribution in [0.15, 0.2) is 17.5 Å². The zero-order valence-electron chi connectivity index (χ0n) is 9.40. The molecule has 0 amide bonds. The number of nitrogens with one attached hydrogen (secondary N) is 1. The molecule has 0 spiro atoms. The summed E-state index contributed by atoms with van der Waals surface area (Å²) in [5.74, 6) is 0. The van der Waals surface area contributed by atoms with Crippen LogP contribution < -0.4 is 5.32 Å². The van der Waals surface area contributed by atoms with Crippen LogP contribution in [0.25, 0.3) is 0 Å². The fourth-order valence-electron chi connectivity index (χ4n) is 2.23. The van der Waals surface area contributed by atoms with E-state index in [0.717, 1.165) is 19.4 Å². The van der Waals surface area contributed by atoms with E-state index in [1.807, 2.05) is 11.3 Å². The minimum Gasteiger partial charge on any atom is -0.375 e. The lowest BCUT2D eigenvalue weighted by Gasteiger charge is -2.32. The summed E-state index contributed by atoms with van der Waals surface area (Å²) in [5, 5.41) is 5.75. The van der Waals surface area contributed by atoms with Crippen LogP contribution in [0.1, 0.15) is 31.6 Å². The molecule has 0 unspecified atom stereocenters. The van der Waals surface area contributed by atoms with Gasteiger partial charge in [-0.05, 0) is 38.1 Å². The standard InChI is InChI=1S/C12H19NOS/c1-9-6-11(7-10(2)14-9)13-8-12-4-3-5-15-12/h3-5,9-11,13H,6-8H2,1-2H3/t9-,10-/m0/s1. The molecule has 1 aromatic rings. The van der Waals surface area contributed by atoms with Crippen LogP contribution in [0, 0.1) is 0 Å². The van der Waals surface area contributed by atoms with Crippen molar-refractivity contribution in [1.29, 1.82) is 0 Å². The number of rotatable bonds is 3. The lowest BCUT2D eigenvalue weighted by atomic mass is 10.00. The number of hydrogen-bond donors (Lipinski definition) is 1. The summed E-state index contributed by atoms with van der Waals surface area (Å²) < 4.78 is 5.72. The van der Waals surface area contributed by atoms with Gasteiger partial charge in [-0.1, -0.05) is 6.07 Å². The Morgan fingerprint density at radius 2 is 2.13 bits per heavy atom. The maximum Gasteiger partial charge on any atom is 0.0565 e. The van der Waals surface area contributed by atoms with Gasteiger partial charge in [0.05, 0.1) is 12.2 Å². The number of ether oxygens (including phenoxy) is 1. The normalized spacial score (nSPS) is 31.7. The summed E-state index contributed by atoms with van der Waals surface area (Å²) in [6, 6.07) is 4.91. The minimum atomic E-state index is 0.398. The van der Waals surface area contributed by atoms with Gasteiger partial charge in [-0.25, -0.2) is 0 Å². The number of hydrogen-bond acceptors (Lipinski definition) is 3. The third-order valence-corrected chi connectivity index (χ3v) is 3.72. The molecule has 3 heteroatoms. The van der Waals surface area contributed by atoms with E-state index < -0.39 is 0 Å². The summed E-state index contributed by atoms with van der Waals surface area (Å²) >= 11 is 1.82. The van der Waals surface area contributed by atoms with Gasteiger partial charge in [0, 0.05) is 17.5 Å².